The van der Waals surface area contributed by atoms with Crippen LogP contribution in [0.5, 0.6) is 0 Å². The molecule has 0 aliphatic carbocycles. The zero-order valence-corrected chi connectivity index (χ0v) is 27.0. The minimum atomic E-state index is -0.948. The van der Waals surface area contributed by atoms with Crippen LogP contribution in [-0.2, 0) is 14.4 Å². The molecule has 9 nitrogen and oxygen atoms in total. The standard InChI is InChI=1S/C22H44O2.C6H14O3.C5H8O4/c1-2-3-4-5-6-7-8-9-10-11-12-13-14-15-16-17-18-19-20-21-22(23)24;1-2-6(3-7,4-8)5-9;6-4(7)2-1-3-5(8)9/h2-21H2,1H3,(H,23,24);7-9H,2-5H2,1H3;1-3H2,(H,6,7)(H,8,9). The van der Waals surface area contributed by atoms with Gasteiger partial charge in [-0.2, -0.15) is 0 Å². The highest BCUT2D eigenvalue weighted by atomic mass is 16.4. The Labute approximate surface area is 256 Å². The van der Waals surface area contributed by atoms with E-state index < -0.39 is 23.3 Å². The SMILES string of the molecule is CCC(CO)(CO)CO.CCCCCCCCCCCCCCCCCCCCCC(=O)O.O=C(O)CCCC(=O)O. The summed E-state index contributed by atoms with van der Waals surface area (Å²) in [5.74, 6) is -2.55. The van der Waals surface area contributed by atoms with Gasteiger partial charge in [-0.15, -0.1) is 0 Å². The molecule has 0 aliphatic rings. The molecule has 0 atom stereocenters. The van der Waals surface area contributed by atoms with Crippen molar-refractivity contribution in [3.8, 4) is 0 Å². The van der Waals surface area contributed by atoms with Crippen LogP contribution in [0.2, 0.25) is 0 Å². The normalized spacial score (nSPS) is 10.8. The van der Waals surface area contributed by atoms with Gasteiger partial charge in [0.05, 0.1) is 19.8 Å². The molecule has 0 amide bonds. The lowest BCUT2D eigenvalue weighted by molar-refractivity contribution is -0.139. The summed E-state index contributed by atoms with van der Waals surface area (Å²) < 4.78 is 0. The summed E-state index contributed by atoms with van der Waals surface area (Å²) in [6.07, 6.45) is 26.8. The van der Waals surface area contributed by atoms with Gasteiger partial charge in [0.25, 0.3) is 0 Å². The summed E-state index contributed by atoms with van der Waals surface area (Å²) in [5.41, 5.74) is -0.667. The largest absolute Gasteiger partial charge is 0.481 e. The number of rotatable bonds is 28. The Morgan fingerprint density at radius 2 is 0.643 bits per heavy atom. The van der Waals surface area contributed by atoms with Crippen molar-refractivity contribution in [2.75, 3.05) is 19.8 Å². The fourth-order valence-electron chi connectivity index (χ4n) is 4.23. The molecule has 0 fully saturated rings. The lowest BCUT2D eigenvalue weighted by Gasteiger charge is -2.24. The first-order valence-corrected chi connectivity index (χ1v) is 16.6. The summed E-state index contributed by atoms with van der Waals surface area (Å²) in [4.78, 5) is 30.0. The Hall–Kier alpha value is -1.71. The van der Waals surface area contributed by atoms with Crippen molar-refractivity contribution in [3.05, 3.63) is 0 Å². The molecule has 0 aromatic heterocycles. The van der Waals surface area contributed by atoms with E-state index in [-0.39, 0.29) is 39.1 Å². The zero-order chi connectivity index (χ0) is 32.3. The van der Waals surface area contributed by atoms with Crippen molar-refractivity contribution in [3.63, 3.8) is 0 Å². The van der Waals surface area contributed by atoms with Crippen LogP contribution in [0.4, 0.5) is 0 Å². The molecule has 0 saturated heterocycles. The van der Waals surface area contributed by atoms with Crippen LogP contribution in [0.15, 0.2) is 0 Å². The molecular weight excluding hydrogens is 540 g/mol. The third kappa shape index (κ3) is 38.3. The Morgan fingerprint density at radius 1 is 0.405 bits per heavy atom. The summed E-state index contributed by atoms with van der Waals surface area (Å²) in [6.45, 7) is 3.64. The average Bonchev–Trinajstić information content (AvgIpc) is 2.96. The first-order valence-electron chi connectivity index (χ1n) is 16.6. The number of aliphatic carboxylic acids is 3. The fourth-order valence-corrected chi connectivity index (χ4v) is 4.23. The highest BCUT2D eigenvalue weighted by molar-refractivity contribution is 5.69. The fraction of sp³-hybridized carbons (Fsp3) is 0.909. The molecule has 0 radical (unpaired) electrons. The maximum absolute atomic E-state index is 10.4. The van der Waals surface area contributed by atoms with Gasteiger partial charge in [0, 0.05) is 24.7 Å². The molecule has 252 valence electrons. The van der Waals surface area contributed by atoms with E-state index in [1.165, 1.54) is 109 Å². The summed E-state index contributed by atoms with van der Waals surface area (Å²) in [6, 6.07) is 0. The predicted octanol–water partition coefficient (Wildman–Crippen LogP) is 7.58. The Kier molecular flexibility index (Phi) is 37.8. The number of hydrogen-bond acceptors (Lipinski definition) is 6. The van der Waals surface area contributed by atoms with Crippen LogP contribution in [-0.4, -0.2) is 68.4 Å². The molecule has 0 rings (SSSR count). The van der Waals surface area contributed by atoms with E-state index in [0.717, 1.165) is 12.8 Å². The number of hydrogen-bond donors (Lipinski definition) is 6. The van der Waals surface area contributed by atoms with E-state index >= 15 is 0 Å². The quantitative estimate of drug-likeness (QED) is 0.0491. The smallest absolute Gasteiger partial charge is 0.303 e. The van der Waals surface area contributed by atoms with E-state index in [0.29, 0.717) is 12.8 Å². The Balaban J connectivity index is -0.000000687. The molecule has 0 saturated carbocycles. The van der Waals surface area contributed by atoms with Crippen molar-refractivity contribution in [1.29, 1.82) is 0 Å². The molecule has 0 spiro atoms. The lowest BCUT2D eigenvalue weighted by Crippen LogP contribution is -2.32. The van der Waals surface area contributed by atoms with Crippen LogP contribution in [0.1, 0.15) is 168 Å². The van der Waals surface area contributed by atoms with Crippen LogP contribution < -0.4 is 0 Å². The molecule has 0 heterocycles. The monoisotopic (exact) mass is 606 g/mol. The van der Waals surface area contributed by atoms with Gasteiger partial charge in [0.1, 0.15) is 0 Å². The first-order chi connectivity index (χ1) is 20.1. The molecule has 42 heavy (non-hydrogen) atoms. The highest BCUT2D eigenvalue weighted by Gasteiger charge is 2.24. The first kappa shape index (κ1) is 44.7. The number of carboxylic acids is 3. The van der Waals surface area contributed by atoms with Gasteiger partial charge >= 0.3 is 17.9 Å². The number of aliphatic hydroxyl groups is 3. The van der Waals surface area contributed by atoms with E-state index in [2.05, 4.69) is 6.92 Å². The molecule has 0 aromatic rings. The topological polar surface area (TPSA) is 173 Å². The van der Waals surface area contributed by atoms with E-state index in [1.54, 1.807) is 0 Å². The van der Waals surface area contributed by atoms with Crippen molar-refractivity contribution >= 4 is 17.9 Å². The maximum Gasteiger partial charge on any atom is 0.303 e. The van der Waals surface area contributed by atoms with Crippen molar-refractivity contribution in [2.24, 2.45) is 5.41 Å². The van der Waals surface area contributed by atoms with E-state index in [4.69, 9.17) is 30.6 Å². The molecule has 0 unspecified atom stereocenters. The number of aliphatic hydroxyl groups excluding tert-OH is 3. The second kappa shape index (κ2) is 35.5. The maximum atomic E-state index is 10.4. The predicted molar refractivity (Wildman–Crippen MR) is 169 cm³/mol. The highest BCUT2D eigenvalue weighted by Crippen LogP contribution is 2.18. The van der Waals surface area contributed by atoms with Crippen LogP contribution >= 0.6 is 0 Å². The second-order valence-corrected chi connectivity index (χ2v) is 11.5. The summed E-state index contributed by atoms with van der Waals surface area (Å²) >= 11 is 0. The van der Waals surface area contributed by atoms with Gasteiger partial charge in [-0.3, -0.25) is 14.4 Å². The molecule has 0 bridgehead atoms. The van der Waals surface area contributed by atoms with Crippen molar-refractivity contribution in [1.82, 2.24) is 0 Å². The minimum Gasteiger partial charge on any atom is -0.481 e. The van der Waals surface area contributed by atoms with Crippen LogP contribution in [0.3, 0.4) is 0 Å². The molecule has 0 aliphatic heterocycles. The van der Waals surface area contributed by atoms with Gasteiger partial charge in [-0.05, 0) is 19.3 Å². The zero-order valence-electron chi connectivity index (χ0n) is 27.0. The third-order valence-electron chi connectivity index (χ3n) is 7.53. The van der Waals surface area contributed by atoms with Crippen molar-refractivity contribution in [2.45, 2.75) is 168 Å². The lowest BCUT2D eigenvalue weighted by atomic mass is 9.88. The number of unbranched alkanes of at least 4 members (excludes halogenated alkanes) is 18. The average molecular weight is 607 g/mol. The number of carbonyl (C=O) groups is 3. The van der Waals surface area contributed by atoms with Gasteiger partial charge in [0.2, 0.25) is 0 Å². The molecular formula is C33H66O9. The minimum absolute atomic E-state index is 0.0632. The summed E-state index contributed by atoms with van der Waals surface area (Å²) in [5, 5.41) is 50.6. The molecule has 0 aromatic carbocycles. The van der Waals surface area contributed by atoms with E-state index in [9.17, 15) is 14.4 Å². The second-order valence-electron chi connectivity index (χ2n) is 11.5. The van der Waals surface area contributed by atoms with Gasteiger partial charge < -0.3 is 30.6 Å². The molecule has 6 N–H and O–H groups in total. The molecule has 9 heteroatoms. The van der Waals surface area contributed by atoms with Crippen LogP contribution in [0, 0.1) is 5.41 Å². The van der Waals surface area contributed by atoms with E-state index in [1.807, 2.05) is 6.92 Å². The van der Waals surface area contributed by atoms with Gasteiger partial charge in [-0.25, -0.2) is 0 Å². The summed E-state index contributed by atoms with van der Waals surface area (Å²) in [7, 11) is 0. The van der Waals surface area contributed by atoms with Crippen molar-refractivity contribution < 1.29 is 45.0 Å². The Bertz CT molecular complexity index is 561. The van der Waals surface area contributed by atoms with Crippen LogP contribution in [0.25, 0.3) is 0 Å². The Morgan fingerprint density at radius 3 is 0.833 bits per heavy atom. The van der Waals surface area contributed by atoms with Gasteiger partial charge in [-0.1, -0.05) is 129 Å². The third-order valence-corrected chi connectivity index (χ3v) is 7.53. The van der Waals surface area contributed by atoms with Gasteiger partial charge in [0.15, 0.2) is 0 Å². The number of carboxylic acid groups (broad SMARTS) is 3.